The molecule has 0 radical (unpaired) electrons. The van der Waals surface area contributed by atoms with E-state index in [4.69, 9.17) is 9.47 Å². The van der Waals surface area contributed by atoms with Crippen LogP contribution in [0.25, 0.3) is 0 Å². The molecule has 0 saturated carbocycles. The zero-order valence-electron chi connectivity index (χ0n) is 54.2. The van der Waals surface area contributed by atoms with Crippen LogP contribution in [-0.4, -0.2) is 36.4 Å². The summed E-state index contributed by atoms with van der Waals surface area (Å²) in [5, 5.41) is 9.69. The maximum atomic E-state index is 12.3. The molecule has 1 N–H and O–H groups in total. The molecule has 0 amide bonds. The Balaban J connectivity index is 3.71. The molecule has 0 heterocycles. The Morgan fingerprint density at radius 1 is 0.267 bits per heavy atom. The lowest BCUT2D eigenvalue weighted by Crippen LogP contribution is -2.28. The summed E-state index contributed by atoms with van der Waals surface area (Å²) in [7, 11) is 0. The summed E-state index contributed by atoms with van der Waals surface area (Å²) < 4.78 is 10.7. The van der Waals surface area contributed by atoms with Gasteiger partial charge in [0.05, 0.1) is 6.61 Å². The van der Waals surface area contributed by atoms with Crippen LogP contribution in [0, 0.1) is 0 Å². The molecule has 0 rings (SSSR count). The molecule has 86 heavy (non-hydrogen) atoms. The Hall–Kier alpha value is -6.30. The molecule has 1 atom stereocenters. The van der Waals surface area contributed by atoms with Crippen molar-refractivity contribution in [2.75, 3.05) is 13.2 Å². The van der Waals surface area contributed by atoms with Crippen molar-refractivity contribution in [3.05, 3.63) is 243 Å². The molecule has 474 valence electrons. The highest BCUT2D eigenvalue weighted by molar-refractivity contribution is 5.70. The standard InChI is InChI=1S/C81H120O5/c1-3-5-7-9-11-13-15-17-19-21-23-25-27-29-31-33-35-37-38-39-40-41-42-44-46-48-50-52-54-56-58-60-62-64-66-68-70-72-74-76-81(84)86-79(77-82)78-85-80(83)75-73-71-69-67-65-63-61-59-57-55-53-51-49-47-45-43-36-34-32-30-28-26-24-22-20-18-16-14-12-10-8-6-4-2/h5-8,11-14,17-20,23-26,29-32,35-37,39-40,42-44,47-50,53-56,60,62,66,68,79,82H,3-4,9-10,15-16,21-22,27-28,33-34,38,41,45-46,51-52,57-59,61,63-65,67,69-78H2,1-2H3/b7-5-,8-6-,13-11-,14-12-,19-17-,20-18-,25-23-,26-24-,31-29-,32-30-,37-35-,40-39-,43-36-,44-42-,49-47-,50-48-,55-53-,56-54-,62-60-,68-66-. The van der Waals surface area contributed by atoms with E-state index in [1.165, 1.54) is 32.1 Å². The van der Waals surface area contributed by atoms with Crippen LogP contribution in [0.3, 0.4) is 0 Å². The minimum absolute atomic E-state index is 0.105. The molecule has 1 unspecified atom stereocenters. The fourth-order valence-electron chi connectivity index (χ4n) is 8.20. The highest BCUT2D eigenvalue weighted by Gasteiger charge is 2.16. The van der Waals surface area contributed by atoms with Crippen molar-refractivity contribution in [3.63, 3.8) is 0 Å². The van der Waals surface area contributed by atoms with E-state index in [9.17, 15) is 14.7 Å². The zero-order chi connectivity index (χ0) is 61.9. The molecule has 5 heteroatoms. The number of ether oxygens (including phenoxy) is 2. The van der Waals surface area contributed by atoms with Crippen molar-refractivity contribution in [2.45, 2.75) is 238 Å². The minimum Gasteiger partial charge on any atom is -0.462 e. The van der Waals surface area contributed by atoms with Gasteiger partial charge in [0.15, 0.2) is 6.10 Å². The molecule has 0 fully saturated rings. The van der Waals surface area contributed by atoms with Crippen molar-refractivity contribution in [1.82, 2.24) is 0 Å². The summed E-state index contributed by atoms with van der Waals surface area (Å²) in [6.45, 7) is 3.85. The number of carbonyl (C=O) groups is 2. The minimum atomic E-state index is -0.821. The first kappa shape index (κ1) is 79.7. The van der Waals surface area contributed by atoms with Gasteiger partial charge in [0.25, 0.3) is 0 Å². The van der Waals surface area contributed by atoms with E-state index in [0.717, 1.165) is 167 Å². The van der Waals surface area contributed by atoms with Gasteiger partial charge < -0.3 is 14.6 Å². The Labute approximate surface area is 527 Å². The summed E-state index contributed by atoms with van der Waals surface area (Å²) in [5.41, 5.74) is 0. The number of esters is 2. The summed E-state index contributed by atoms with van der Waals surface area (Å²) in [6.07, 6.45) is 121. The van der Waals surface area contributed by atoms with Gasteiger partial charge >= 0.3 is 11.9 Å². The zero-order valence-corrected chi connectivity index (χ0v) is 54.2. The summed E-state index contributed by atoms with van der Waals surface area (Å²) in [5.74, 6) is -0.672. The van der Waals surface area contributed by atoms with Crippen LogP contribution in [0.15, 0.2) is 243 Å². The molecule has 0 spiro atoms. The lowest BCUT2D eigenvalue weighted by atomic mass is 10.1. The summed E-state index contributed by atoms with van der Waals surface area (Å²) in [6, 6.07) is 0. The first-order valence-corrected chi connectivity index (χ1v) is 33.6. The Morgan fingerprint density at radius 2 is 0.465 bits per heavy atom. The molecule has 0 saturated heterocycles. The molecular weight excluding hydrogens is 1050 g/mol. The molecular formula is C81H120O5. The van der Waals surface area contributed by atoms with E-state index in [1.54, 1.807) is 0 Å². The van der Waals surface area contributed by atoms with Crippen LogP contribution in [0.4, 0.5) is 0 Å². The number of carbonyl (C=O) groups excluding carboxylic acids is 2. The average molecular weight is 1170 g/mol. The lowest BCUT2D eigenvalue weighted by Gasteiger charge is -2.15. The average Bonchev–Trinajstić information content (AvgIpc) is 3.55. The van der Waals surface area contributed by atoms with Crippen LogP contribution >= 0.6 is 0 Å². The van der Waals surface area contributed by atoms with Crippen molar-refractivity contribution in [1.29, 1.82) is 0 Å². The fourth-order valence-corrected chi connectivity index (χ4v) is 8.20. The molecule has 0 bridgehead atoms. The highest BCUT2D eigenvalue weighted by Crippen LogP contribution is 2.13. The van der Waals surface area contributed by atoms with Gasteiger partial charge in [0.2, 0.25) is 0 Å². The summed E-state index contributed by atoms with van der Waals surface area (Å²) >= 11 is 0. The van der Waals surface area contributed by atoms with Crippen LogP contribution < -0.4 is 0 Å². The number of hydrogen-bond acceptors (Lipinski definition) is 5. The van der Waals surface area contributed by atoms with E-state index in [-0.39, 0.29) is 31.6 Å². The number of unbranched alkanes of at least 4 members (excludes halogenated alkanes) is 10. The van der Waals surface area contributed by atoms with Crippen LogP contribution in [0.2, 0.25) is 0 Å². The Kier molecular flexibility index (Phi) is 67.6. The van der Waals surface area contributed by atoms with E-state index < -0.39 is 6.10 Å². The van der Waals surface area contributed by atoms with Crippen molar-refractivity contribution in [2.24, 2.45) is 0 Å². The first-order valence-electron chi connectivity index (χ1n) is 33.6. The van der Waals surface area contributed by atoms with Crippen molar-refractivity contribution in [3.8, 4) is 0 Å². The van der Waals surface area contributed by atoms with Crippen LogP contribution in [0.1, 0.15) is 232 Å². The van der Waals surface area contributed by atoms with E-state index in [1.807, 2.05) is 0 Å². The third-order valence-electron chi connectivity index (χ3n) is 13.1. The maximum Gasteiger partial charge on any atom is 0.306 e. The van der Waals surface area contributed by atoms with Gasteiger partial charge in [0.1, 0.15) is 6.61 Å². The highest BCUT2D eigenvalue weighted by atomic mass is 16.6. The molecule has 0 aliphatic heterocycles. The largest absolute Gasteiger partial charge is 0.462 e. The topological polar surface area (TPSA) is 72.8 Å². The monoisotopic (exact) mass is 1170 g/mol. The number of hydrogen-bond donors (Lipinski definition) is 1. The first-order chi connectivity index (χ1) is 42.6. The molecule has 0 aromatic carbocycles. The fraction of sp³-hybridized carbons (Fsp3) is 0.481. The third-order valence-corrected chi connectivity index (χ3v) is 13.1. The van der Waals surface area contributed by atoms with Crippen LogP contribution in [-0.2, 0) is 19.1 Å². The molecule has 0 aliphatic carbocycles. The second kappa shape index (κ2) is 73.0. The predicted octanol–water partition coefficient (Wildman–Crippen LogP) is 23.9. The third kappa shape index (κ3) is 70.2. The number of rotatable bonds is 58. The maximum absolute atomic E-state index is 12.3. The van der Waals surface area contributed by atoms with Crippen molar-refractivity contribution < 1.29 is 24.2 Å². The van der Waals surface area contributed by atoms with Gasteiger partial charge in [-0.15, -0.1) is 0 Å². The number of aliphatic hydroxyl groups excluding tert-OH is 1. The normalized spacial score (nSPS) is 13.8. The van der Waals surface area contributed by atoms with E-state index >= 15 is 0 Å². The van der Waals surface area contributed by atoms with Crippen molar-refractivity contribution >= 4 is 11.9 Å². The van der Waals surface area contributed by atoms with Gasteiger partial charge in [-0.05, 0) is 167 Å². The molecule has 0 aliphatic rings. The summed E-state index contributed by atoms with van der Waals surface area (Å²) in [4.78, 5) is 24.6. The SMILES string of the molecule is CC/C=C\C/C=C\C/C=C\C/C=C\C/C=C\C/C=C\C/C=C\C/C=C\C/C=C\C/C=C\C/C=C\C/C=C\CCCCC(=O)OC(CO)COC(=O)CCCCCCCCCC/C=C\C/C=C\C/C=C\C/C=C\C/C=C\C/C=C\C/C=C\C/C=C\CC. The van der Waals surface area contributed by atoms with Gasteiger partial charge in [-0.25, -0.2) is 0 Å². The Morgan fingerprint density at radius 3 is 0.721 bits per heavy atom. The van der Waals surface area contributed by atoms with Gasteiger partial charge in [0, 0.05) is 12.8 Å². The second-order valence-electron chi connectivity index (χ2n) is 21.1. The molecule has 5 nitrogen and oxygen atoms in total. The molecule has 0 aromatic heterocycles. The van der Waals surface area contributed by atoms with Gasteiger partial charge in [-0.3, -0.25) is 9.59 Å². The second-order valence-corrected chi connectivity index (χ2v) is 21.1. The number of allylic oxidation sites excluding steroid dienone is 40. The quantitative estimate of drug-likeness (QED) is 0.0373. The predicted molar refractivity (Wildman–Crippen MR) is 379 cm³/mol. The van der Waals surface area contributed by atoms with E-state index in [2.05, 4.69) is 257 Å². The Bertz CT molecular complexity index is 2160. The van der Waals surface area contributed by atoms with Gasteiger partial charge in [-0.2, -0.15) is 0 Å². The van der Waals surface area contributed by atoms with E-state index in [0.29, 0.717) is 12.8 Å². The van der Waals surface area contributed by atoms with Gasteiger partial charge in [-0.1, -0.05) is 295 Å². The molecule has 0 aromatic rings. The number of aliphatic hydroxyl groups is 1. The smallest absolute Gasteiger partial charge is 0.306 e. The lowest BCUT2D eigenvalue weighted by molar-refractivity contribution is -0.161. The van der Waals surface area contributed by atoms with Crippen LogP contribution in [0.5, 0.6) is 0 Å².